The summed E-state index contributed by atoms with van der Waals surface area (Å²) in [5.74, 6) is 0.106. The molecule has 2 aromatic carbocycles. The quantitative estimate of drug-likeness (QED) is 0.288. The van der Waals surface area contributed by atoms with Gasteiger partial charge in [-0.25, -0.2) is 0 Å². The topological polar surface area (TPSA) is 22.0 Å². The van der Waals surface area contributed by atoms with Gasteiger partial charge in [0.05, 0.1) is 0 Å². The Morgan fingerprint density at radius 2 is 1.91 bits per heavy atom. The first-order valence-corrected chi connectivity index (χ1v) is 9.16. The predicted octanol–water partition coefficient (Wildman–Crippen LogP) is 5.67. The zero-order valence-electron chi connectivity index (χ0n) is 13.3. The summed E-state index contributed by atoms with van der Waals surface area (Å²) in [5.41, 5.74) is 2.71. The van der Waals surface area contributed by atoms with Crippen molar-refractivity contribution in [1.29, 1.82) is 0 Å². The number of carbonyl (C=O) groups excluding carboxylic acids is 1. The number of benzene rings is 2. The van der Waals surface area contributed by atoms with Crippen molar-refractivity contribution in [2.45, 2.75) is 32.7 Å². The zero-order valence-corrected chi connectivity index (χ0v) is 15.4. The van der Waals surface area contributed by atoms with Crippen LogP contribution in [0.4, 0.5) is 0 Å². The number of aryl methyl sites for hydroxylation is 1. The Labute approximate surface area is 150 Å². The number of halogens is 1. The van der Waals surface area contributed by atoms with Gasteiger partial charge in [0.2, 0.25) is 0 Å². The summed E-state index contributed by atoms with van der Waals surface area (Å²) < 4.78 is 3.31. The fourth-order valence-corrected chi connectivity index (χ4v) is 3.47. The molecule has 2 nitrogen and oxygen atoms in total. The van der Waals surface area contributed by atoms with Gasteiger partial charge in [-0.1, -0.05) is 50.1 Å². The molecule has 3 rings (SSSR count). The minimum absolute atomic E-state index is 0.106. The number of ketones is 1. The number of nitrogens with zero attached hydrogens (tertiary/aromatic N) is 1. The molecule has 0 aliphatic heterocycles. The zero-order chi connectivity index (χ0) is 16.2. The van der Waals surface area contributed by atoms with Gasteiger partial charge in [0.1, 0.15) is 0 Å². The van der Waals surface area contributed by atoms with E-state index in [-0.39, 0.29) is 5.78 Å². The van der Waals surface area contributed by atoms with E-state index < -0.39 is 0 Å². The highest BCUT2D eigenvalue weighted by molar-refractivity contribution is 14.1. The number of hydrogen-bond acceptors (Lipinski definition) is 1. The highest BCUT2D eigenvalue weighted by Crippen LogP contribution is 2.25. The molecule has 118 valence electrons. The SMILES string of the molecule is CCCCCn1cc(C(=O)c2cccc(I)c2)c2ccccc21. The normalized spacial score (nSPS) is 11.0. The number of para-hydroxylation sites is 1. The third-order valence-electron chi connectivity index (χ3n) is 4.12. The molecule has 1 aromatic heterocycles. The molecular formula is C20H20INO. The summed E-state index contributed by atoms with van der Waals surface area (Å²) >= 11 is 2.25. The Kier molecular flexibility index (Phi) is 5.16. The van der Waals surface area contributed by atoms with E-state index in [0.29, 0.717) is 0 Å². The smallest absolute Gasteiger partial charge is 0.195 e. The molecule has 0 spiro atoms. The molecule has 1 heterocycles. The van der Waals surface area contributed by atoms with Crippen molar-refractivity contribution in [3.05, 3.63) is 69.4 Å². The first kappa shape index (κ1) is 16.2. The second-order valence-electron chi connectivity index (χ2n) is 5.80. The van der Waals surface area contributed by atoms with Gasteiger partial charge in [0, 0.05) is 38.3 Å². The summed E-state index contributed by atoms with van der Waals surface area (Å²) in [5, 5.41) is 1.05. The number of carbonyl (C=O) groups is 1. The lowest BCUT2D eigenvalue weighted by atomic mass is 10.0. The van der Waals surface area contributed by atoms with Crippen LogP contribution in [0, 0.1) is 3.57 Å². The number of hydrogen-bond donors (Lipinski definition) is 0. The minimum Gasteiger partial charge on any atom is -0.347 e. The first-order chi connectivity index (χ1) is 11.2. The number of fused-ring (bicyclic) bond motifs is 1. The average molecular weight is 417 g/mol. The summed E-state index contributed by atoms with van der Waals surface area (Å²) in [7, 11) is 0. The second-order valence-corrected chi connectivity index (χ2v) is 7.05. The third kappa shape index (κ3) is 3.50. The number of unbranched alkanes of at least 4 members (excludes halogenated alkanes) is 2. The van der Waals surface area contributed by atoms with E-state index in [9.17, 15) is 4.79 Å². The Morgan fingerprint density at radius 1 is 1.09 bits per heavy atom. The second kappa shape index (κ2) is 7.30. The van der Waals surface area contributed by atoms with Crippen molar-refractivity contribution in [1.82, 2.24) is 4.57 Å². The van der Waals surface area contributed by atoms with Gasteiger partial charge in [-0.15, -0.1) is 0 Å². The van der Waals surface area contributed by atoms with Crippen LogP contribution in [0.1, 0.15) is 42.1 Å². The van der Waals surface area contributed by atoms with Gasteiger partial charge in [-0.3, -0.25) is 4.79 Å². The van der Waals surface area contributed by atoms with E-state index >= 15 is 0 Å². The van der Waals surface area contributed by atoms with Crippen LogP contribution in [0.15, 0.2) is 54.7 Å². The molecule has 0 radical (unpaired) electrons. The molecule has 0 saturated heterocycles. The molecule has 0 atom stereocenters. The Morgan fingerprint density at radius 3 is 2.70 bits per heavy atom. The fraction of sp³-hybridized carbons (Fsp3) is 0.250. The highest BCUT2D eigenvalue weighted by atomic mass is 127. The molecule has 0 fully saturated rings. The lowest BCUT2D eigenvalue weighted by Gasteiger charge is -2.03. The molecule has 0 saturated carbocycles. The molecule has 0 aliphatic rings. The van der Waals surface area contributed by atoms with Gasteiger partial charge in [0.25, 0.3) is 0 Å². The Hall–Kier alpha value is -1.62. The van der Waals surface area contributed by atoms with Crippen molar-refractivity contribution in [3.63, 3.8) is 0 Å². The maximum absolute atomic E-state index is 12.9. The van der Waals surface area contributed by atoms with E-state index in [2.05, 4.69) is 40.1 Å². The van der Waals surface area contributed by atoms with E-state index in [1.165, 1.54) is 12.8 Å². The van der Waals surface area contributed by atoms with E-state index in [4.69, 9.17) is 0 Å². The highest BCUT2D eigenvalue weighted by Gasteiger charge is 2.16. The fourth-order valence-electron chi connectivity index (χ4n) is 2.93. The Bertz CT molecular complexity index is 835. The predicted molar refractivity (Wildman–Crippen MR) is 104 cm³/mol. The molecular weight excluding hydrogens is 397 g/mol. The van der Waals surface area contributed by atoms with Crippen molar-refractivity contribution >= 4 is 39.3 Å². The molecule has 0 unspecified atom stereocenters. The molecule has 0 aliphatic carbocycles. The van der Waals surface area contributed by atoms with Gasteiger partial charge in [-0.05, 0) is 47.2 Å². The molecule has 3 heteroatoms. The average Bonchev–Trinajstić information content (AvgIpc) is 2.93. The maximum Gasteiger partial charge on any atom is 0.195 e. The minimum atomic E-state index is 0.106. The van der Waals surface area contributed by atoms with Gasteiger partial charge < -0.3 is 4.57 Å². The lowest BCUT2D eigenvalue weighted by molar-refractivity contribution is 0.104. The number of aromatic nitrogens is 1. The molecule has 0 amide bonds. The molecule has 0 N–H and O–H groups in total. The monoisotopic (exact) mass is 417 g/mol. The van der Waals surface area contributed by atoms with Crippen LogP contribution < -0.4 is 0 Å². The molecule has 0 bridgehead atoms. The van der Waals surface area contributed by atoms with Crippen LogP contribution in [0.2, 0.25) is 0 Å². The number of rotatable bonds is 6. The first-order valence-electron chi connectivity index (χ1n) is 8.09. The van der Waals surface area contributed by atoms with E-state index in [1.54, 1.807) is 0 Å². The van der Waals surface area contributed by atoms with Crippen LogP contribution in [-0.2, 0) is 6.54 Å². The van der Waals surface area contributed by atoms with Crippen molar-refractivity contribution < 1.29 is 4.79 Å². The summed E-state index contributed by atoms with van der Waals surface area (Å²) in [6, 6.07) is 16.0. The van der Waals surface area contributed by atoms with Crippen LogP contribution in [-0.4, -0.2) is 10.4 Å². The van der Waals surface area contributed by atoms with E-state index in [0.717, 1.165) is 38.6 Å². The van der Waals surface area contributed by atoms with Crippen molar-refractivity contribution in [3.8, 4) is 0 Å². The maximum atomic E-state index is 12.9. The van der Waals surface area contributed by atoms with Crippen LogP contribution in [0.25, 0.3) is 10.9 Å². The van der Waals surface area contributed by atoms with Crippen LogP contribution in [0.5, 0.6) is 0 Å². The molecule has 23 heavy (non-hydrogen) atoms. The van der Waals surface area contributed by atoms with Gasteiger partial charge >= 0.3 is 0 Å². The summed E-state index contributed by atoms with van der Waals surface area (Å²) in [4.78, 5) is 12.9. The summed E-state index contributed by atoms with van der Waals surface area (Å²) in [6.45, 7) is 3.17. The lowest BCUT2D eigenvalue weighted by Crippen LogP contribution is -2.01. The Balaban J connectivity index is 2.02. The summed E-state index contributed by atoms with van der Waals surface area (Å²) in [6.07, 6.45) is 5.59. The van der Waals surface area contributed by atoms with E-state index in [1.807, 2.05) is 48.7 Å². The van der Waals surface area contributed by atoms with Crippen LogP contribution in [0.3, 0.4) is 0 Å². The van der Waals surface area contributed by atoms with Crippen molar-refractivity contribution in [2.75, 3.05) is 0 Å². The van der Waals surface area contributed by atoms with Gasteiger partial charge in [-0.2, -0.15) is 0 Å². The van der Waals surface area contributed by atoms with Crippen LogP contribution >= 0.6 is 22.6 Å². The molecule has 3 aromatic rings. The third-order valence-corrected chi connectivity index (χ3v) is 4.79. The van der Waals surface area contributed by atoms with Gasteiger partial charge in [0.15, 0.2) is 5.78 Å². The van der Waals surface area contributed by atoms with Crippen molar-refractivity contribution in [2.24, 2.45) is 0 Å². The standard InChI is InChI=1S/C20H20INO/c1-2-3-6-12-22-14-18(17-10-4-5-11-19(17)22)20(23)15-8-7-9-16(21)13-15/h4-5,7-11,13-14H,2-3,6,12H2,1H3. The largest absolute Gasteiger partial charge is 0.347 e.